The summed E-state index contributed by atoms with van der Waals surface area (Å²) in [6.45, 7) is 5.85. The number of hydrogen-bond acceptors (Lipinski definition) is 8. The molecule has 0 bridgehead atoms. The SMILES string of the molecule is COCC(O)COc1ccc(C(C)(C)c2ccc(OCC(O)CN(CCO)CCO)cc2)cc1. The summed E-state index contributed by atoms with van der Waals surface area (Å²) >= 11 is 0. The highest BCUT2D eigenvalue weighted by atomic mass is 16.5. The minimum Gasteiger partial charge on any atom is -0.491 e. The Bertz CT molecular complexity index is 805. The van der Waals surface area contributed by atoms with Gasteiger partial charge in [0.05, 0.1) is 19.8 Å². The summed E-state index contributed by atoms with van der Waals surface area (Å²) in [6.07, 6.45) is -1.39. The van der Waals surface area contributed by atoms with Gasteiger partial charge >= 0.3 is 0 Å². The van der Waals surface area contributed by atoms with Gasteiger partial charge in [0.1, 0.15) is 36.9 Å². The van der Waals surface area contributed by atoms with E-state index < -0.39 is 12.2 Å². The second-order valence-electron chi connectivity index (χ2n) is 8.81. The predicted octanol–water partition coefficient (Wildman–Crippen LogP) is 1.42. The smallest absolute Gasteiger partial charge is 0.119 e. The van der Waals surface area contributed by atoms with Crippen molar-refractivity contribution >= 4 is 0 Å². The summed E-state index contributed by atoms with van der Waals surface area (Å²) in [5.74, 6) is 1.35. The number of hydrogen-bond donors (Lipinski definition) is 4. The average molecular weight is 478 g/mol. The Morgan fingerprint density at radius 3 is 1.59 bits per heavy atom. The van der Waals surface area contributed by atoms with Crippen LogP contribution in [0.5, 0.6) is 11.5 Å². The van der Waals surface area contributed by atoms with Crippen molar-refractivity contribution in [3.63, 3.8) is 0 Å². The Hall–Kier alpha value is -2.20. The van der Waals surface area contributed by atoms with E-state index >= 15 is 0 Å². The molecule has 0 amide bonds. The Labute approximate surface area is 202 Å². The minimum atomic E-state index is -0.731. The summed E-state index contributed by atoms with van der Waals surface area (Å²) in [4.78, 5) is 1.79. The van der Waals surface area contributed by atoms with E-state index in [9.17, 15) is 10.2 Å². The fourth-order valence-electron chi connectivity index (χ4n) is 3.66. The molecule has 2 atom stereocenters. The lowest BCUT2D eigenvalue weighted by Crippen LogP contribution is -2.38. The van der Waals surface area contributed by atoms with Crippen LogP contribution in [0.15, 0.2) is 48.5 Å². The molecule has 8 nitrogen and oxygen atoms in total. The van der Waals surface area contributed by atoms with Gasteiger partial charge in [-0.15, -0.1) is 0 Å². The monoisotopic (exact) mass is 477 g/mol. The molecule has 0 aliphatic carbocycles. The van der Waals surface area contributed by atoms with Crippen molar-refractivity contribution in [1.82, 2.24) is 4.90 Å². The first-order valence-corrected chi connectivity index (χ1v) is 11.6. The van der Waals surface area contributed by atoms with Crippen LogP contribution in [0.2, 0.25) is 0 Å². The van der Waals surface area contributed by atoms with Gasteiger partial charge in [-0.2, -0.15) is 0 Å². The molecule has 2 unspecified atom stereocenters. The fourth-order valence-corrected chi connectivity index (χ4v) is 3.66. The molecule has 0 saturated carbocycles. The van der Waals surface area contributed by atoms with Crippen LogP contribution in [0, 0.1) is 0 Å². The van der Waals surface area contributed by atoms with Crippen LogP contribution in [-0.4, -0.2) is 97.3 Å². The molecule has 0 fully saturated rings. The van der Waals surface area contributed by atoms with Gasteiger partial charge in [-0.1, -0.05) is 38.1 Å². The van der Waals surface area contributed by atoms with E-state index in [1.165, 1.54) is 7.11 Å². The molecule has 2 rings (SSSR count). The zero-order chi connectivity index (χ0) is 25.0. The molecule has 4 N–H and O–H groups in total. The number of nitrogens with zero attached hydrogens (tertiary/aromatic N) is 1. The van der Waals surface area contributed by atoms with E-state index in [0.29, 0.717) is 31.1 Å². The largest absolute Gasteiger partial charge is 0.491 e. The normalized spacial score (nSPS) is 13.6. The van der Waals surface area contributed by atoms with Crippen molar-refractivity contribution in [3.8, 4) is 11.5 Å². The third-order valence-electron chi connectivity index (χ3n) is 5.70. The fraction of sp³-hybridized carbons (Fsp3) is 0.538. The van der Waals surface area contributed by atoms with Crippen molar-refractivity contribution in [1.29, 1.82) is 0 Å². The lowest BCUT2D eigenvalue weighted by molar-refractivity contribution is 0.0325. The average Bonchev–Trinajstić information content (AvgIpc) is 2.82. The van der Waals surface area contributed by atoms with Crippen LogP contribution in [0.1, 0.15) is 25.0 Å². The van der Waals surface area contributed by atoms with Gasteiger partial charge < -0.3 is 34.6 Å². The van der Waals surface area contributed by atoms with E-state index in [1.54, 1.807) is 4.90 Å². The summed E-state index contributed by atoms with van der Waals surface area (Å²) in [5, 5.41) is 38.1. The number of methoxy groups -OCH3 is 1. The first-order chi connectivity index (χ1) is 16.3. The van der Waals surface area contributed by atoms with E-state index in [1.807, 2.05) is 48.5 Å². The van der Waals surface area contributed by atoms with Crippen molar-refractivity contribution in [3.05, 3.63) is 59.7 Å². The third-order valence-corrected chi connectivity index (χ3v) is 5.70. The Balaban J connectivity index is 1.92. The third kappa shape index (κ3) is 8.87. The lowest BCUT2D eigenvalue weighted by Gasteiger charge is -2.27. The molecule has 0 aromatic heterocycles. The van der Waals surface area contributed by atoms with Crippen molar-refractivity contribution in [2.24, 2.45) is 0 Å². The van der Waals surface area contributed by atoms with Crippen LogP contribution in [0.3, 0.4) is 0 Å². The number of aliphatic hydroxyl groups is 4. The standard InChI is InChI=1S/C26H39NO7/c1-26(2,21-6-10-25(11-7-21)34-19-23(31)17-32-3)20-4-8-24(9-5-20)33-18-22(30)16-27(12-14-28)13-15-29/h4-11,22-23,28-31H,12-19H2,1-3H3. The highest BCUT2D eigenvalue weighted by Gasteiger charge is 2.23. The molecule has 8 heteroatoms. The predicted molar refractivity (Wildman–Crippen MR) is 131 cm³/mol. The zero-order valence-corrected chi connectivity index (χ0v) is 20.4. The van der Waals surface area contributed by atoms with Crippen LogP contribution in [0.4, 0.5) is 0 Å². The number of ether oxygens (including phenoxy) is 3. The molecule has 0 aliphatic rings. The molecule has 2 aromatic carbocycles. The molecule has 190 valence electrons. The summed E-state index contributed by atoms with van der Waals surface area (Å²) in [5.41, 5.74) is 1.98. The van der Waals surface area contributed by atoms with Gasteiger partial charge in [0, 0.05) is 32.2 Å². The summed E-state index contributed by atoms with van der Waals surface area (Å²) in [7, 11) is 1.54. The summed E-state index contributed by atoms with van der Waals surface area (Å²) < 4.78 is 16.2. The van der Waals surface area contributed by atoms with Crippen molar-refractivity contribution < 1.29 is 34.6 Å². The van der Waals surface area contributed by atoms with E-state index in [0.717, 1.165) is 11.1 Å². The number of benzene rings is 2. The van der Waals surface area contributed by atoms with E-state index in [2.05, 4.69) is 13.8 Å². The molecule has 0 radical (unpaired) electrons. The van der Waals surface area contributed by atoms with Crippen LogP contribution < -0.4 is 9.47 Å². The molecular weight excluding hydrogens is 438 g/mol. The topological polar surface area (TPSA) is 112 Å². The van der Waals surface area contributed by atoms with E-state index in [-0.39, 0.29) is 38.4 Å². The Morgan fingerprint density at radius 2 is 1.18 bits per heavy atom. The molecular formula is C26H39NO7. The van der Waals surface area contributed by atoms with Gasteiger partial charge in [-0.05, 0) is 35.4 Å². The second-order valence-corrected chi connectivity index (χ2v) is 8.81. The van der Waals surface area contributed by atoms with Crippen LogP contribution >= 0.6 is 0 Å². The maximum atomic E-state index is 10.2. The van der Waals surface area contributed by atoms with Gasteiger partial charge in [-0.25, -0.2) is 0 Å². The van der Waals surface area contributed by atoms with Gasteiger partial charge in [-0.3, -0.25) is 4.90 Å². The van der Waals surface area contributed by atoms with Crippen LogP contribution in [0.25, 0.3) is 0 Å². The van der Waals surface area contributed by atoms with Crippen molar-refractivity contribution in [2.45, 2.75) is 31.5 Å². The maximum absolute atomic E-state index is 10.2. The minimum absolute atomic E-state index is 0.0297. The van der Waals surface area contributed by atoms with Gasteiger partial charge in [0.25, 0.3) is 0 Å². The van der Waals surface area contributed by atoms with Gasteiger partial charge in [0.15, 0.2) is 0 Å². The zero-order valence-electron chi connectivity index (χ0n) is 20.4. The quantitative estimate of drug-likeness (QED) is 0.287. The van der Waals surface area contributed by atoms with E-state index in [4.69, 9.17) is 24.4 Å². The Morgan fingerprint density at radius 1 is 0.735 bits per heavy atom. The maximum Gasteiger partial charge on any atom is 0.119 e. The van der Waals surface area contributed by atoms with Crippen LogP contribution in [-0.2, 0) is 10.2 Å². The van der Waals surface area contributed by atoms with Gasteiger partial charge in [0.2, 0.25) is 0 Å². The first-order valence-electron chi connectivity index (χ1n) is 11.6. The number of aliphatic hydroxyl groups excluding tert-OH is 4. The molecule has 0 saturated heterocycles. The molecule has 2 aromatic rings. The molecule has 34 heavy (non-hydrogen) atoms. The Kier molecular flexibility index (Phi) is 11.8. The second kappa shape index (κ2) is 14.3. The molecule has 0 aliphatic heterocycles. The number of rotatable bonds is 16. The first kappa shape index (κ1) is 28.0. The molecule has 0 spiro atoms. The lowest BCUT2D eigenvalue weighted by atomic mass is 9.78. The molecule has 0 heterocycles. The van der Waals surface area contributed by atoms with Crippen molar-refractivity contribution in [2.75, 3.05) is 59.8 Å². The highest BCUT2D eigenvalue weighted by Crippen LogP contribution is 2.33. The highest BCUT2D eigenvalue weighted by molar-refractivity contribution is 5.41. The summed E-state index contributed by atoms with van der Waals surface area (Å²) in [6, 6.07) is 15.6.